The molecule has 2 heteroatoms. The van der Waals surface area contributed by atoms with Crippen molar-refractivity contribution >= 4 is 16.8 Å². The molecule has 2 aromatic carbocycles. The summed E-state index contributed by atoms with van der Waals surface area (Å²) in [7, 11) is 0. The molecule has 0 N–H and O–H groups in total. The van der Waals surface area contributed by atoms with E-state index in [2.05, 4.69) is 13.5 Å². The molecule has 18 heavy (non-hydrogen) atoms. The second-order valence-electron chi connectivity index (χ2n) is 4.13. The van der Waals surface area contributed by atoms with Crippen molar-refractivity contribution in [2.75, 3.05) is 6.61 Å². The summed E-state index contributed by atoms with van der Waals surface area (Å²) >= 11 is 0. The fourth-order valence-corrected chi connectivity index (χ4v) is 2.26. The Morgan fingerprint density at radius 2 is 2.06 bits per heavy atom. The van der Waals surface area contributed by atoms with Crippen LogP contribution in [0.15, 0.2) is 30.8 Å². The lowest BCUT2D eigenvalue weighted by molar-refractivity contribution is 0.340. The normalized spacial score (nSPS) is 10.6. The SMILES string of the molecule is C=Cc1c(F)ccc2cc(OCC)cc(CC)c12. The molecule has 1 nitrogen and oxygen atoms in total. The average Bonchev–Trinajstić information content (AvgIpc) is 2.38. The molecule has 0 amide bonds. The molecule has 0 aliphatic carbocycles. The third kappa shape index (κ3) is 2.10. The van der Waals surface area contributed by atoms with Crippen molar-refractivity contribution in [1.29, 1.82) is 0 Å². The minimum Gasteiger partial charge on any atom is -0.494 e. The minimum atomic E-state index is -0.226. The third-order valence-corrected chi connectivity index (χ3v) is 3.06. The molecule has 0 saturated heterocycles. The van der Waals surface area contributed by atoms with Crippen molar-refractivity contribution in [2.45, 2.75) is 20.3 Å². The molecule has 0 aliphatic heterocycles. The highest BCUT2D eigenvalue weighted by molar-refractivity contribution is 5.94. The van der Waals surface area contributed by atoms with Gasteiger partial charge in [0.25, 0.3) is 0 Å². The number of hydrogen-bond acceptors (Lipinski definition) is 1. The van der Waals surface area contributed by atoms with Gasteiger partial charge in [-0.1, -0.05) is 25.6 Å². The third-order valence-electron chi connectivity index (χ3n) is 3.06. The first-order valence-corrected chi connectivity index (χ1v) is 6.21. The van der Waals surface area contributed by atoms with Crippen LogP contribution in [0.2, 0.25) is 0 Å². The molecule has 2 rings (SSSR count). The van der Waals surface area contributed by atoms with Gasteiger partial charge in [-0.25, -0.2) is 4.39 Å². The summed E-state index contributed by atoms with van der Waals surface area (Å²) in [5.74, 6) is 0.611. The van der Waals surface area contributed by atoms with E-state index in [4.69, 9.17) is 4.74 Å². The summed E-state index contributed by atoms with van der Waals surface area (Å²) in [6.45, 7) is 8.35. The number of ether oxygens (including phenoxy) is 1. The number of aryl methyl sites for hydroxylation is 1. The Bertz CT molecular complexity index is 587. The Hall–Kier alpha value is -1.83. The first kappa shape index (κ1) is 12.6. The van der Waals surface area contributed by atoms with E-state index < -0.39 is 0 Å². The van der Waals surface area contributed by atoms with Crippen LogP contribution in [0.4, 0.5) is 4.39 Å². The highest BCUT2D eigenvalue weighted by Crippen LogP contribution is 2.31. The van der Waals surface area contributed by atoms with Crippen molar-refractivity contribution in [3.05, 3.63) is 47.8 Å². The second-order valence-corrected chi connectivity index (χ2v) is 4.13. The summed E-state index contributed by atoms with van der Waals surface area (Å²) in [6, 6.07) is 7.20. The molecule has 0 bridgehead atoms. The van der Waals surface area contributed by atoms with Crippen molar-refractivity contribution in [3.63, 3.8) is 0 Å². The van der Waals surface area contributed by atoms with Gasteiger partial charge in [-0.05, 0) is 47.9 Å². The van der Waals surface area contributed by atoms with Crippen molar-refractivity contribution in [2.24, 2.45) is 0 Å². The summed E-state index contributed by atoms with van der Waals surface area (Å²) in [6.07, 6.45) is 2.42. The molecule has 94 valence electrons. The van der Waals surface area contributed by atoms with E-state index in [1.807, 2.05) is 19.1 Å². The molecule has 0 fully saturated rings. The van der Waals surface area contributed by atoms with Gasteiger partial charge in [-0.15, -0.1) is 0 Å². The van der Waals surface area contributed by atoms with Crippen LogP contribution < -0.4 is 4.74 Å². The Morgan fingerprint density at radius 3 is 2.67 bits per heavy atom. The molecular formula is C16H17FO. The van der Waals surface area contributed by atoms with Crippen LogP contribution in [0.5, 0.6) is 5.75 Å². The van der Waals surface area contributed by atoms with E-state index in [9.17, 15) is 4.39 Å². The van der Waals surface area contributed by atoms with Crippen molar-refractivity contribution in [3.8, 4) is 5.75 Å². The van der Waals surface area contributed by atoms with Gasteiger partial charge >= 0.3 is 0 Å². The zero-order chi connectivity index (χ0) is 13.1. The van der Waals surface area contributed by atoms with E-state index in [1.54, 1.807) is 12.1 Å². The molecule has 2 aromatic rings. The molecule has 0 saturated carbocycles. The van der Waals surface area contributed by atoms with Gasteiger partial charge in [0.15, 0.2) is 0 Å². The van der Waals surface area contributed by atoms with E-state index in [-0.39, 0.29) is 5.82 Å². The van der Waals surface area contributed by atoms with E-state index in [0.717, 1.165) is 28.5 Å². The van der Waals surface area contributed by atoms with Gasteiger partial charge in [0.1, 0.15) is 11.6 Å². The van der Waals surface area contributed by atoms with E-state index >= 15 is 0 Å². The maximum absolute atomic E-state index is 13.8. The van der Waals surface area contributed by atoms with E-state index in [0.29, 0.717) is 12.2 Å². The van der Waals surface area contributed by atoms with Gasteiger partial charge in [0.2, 0.25) is 0 Å². The van der Waals surface area contributed by atoms with Crippen LogP contribution in [0.3, 0.4) is 0 Å². The largest absolute Gasteiger partial charge is 0.494 e. The smallest absolute Gasteiger partial charge is 0.131 e. The summed E-state index contributed by atoms with van der Waals surface area (Å²) in [5, 5.41) is 1.94. The zero-order valence-electron chi connectivity index (χ0n) is 10.8. The molecule has 0 unspecified atom stereocenters. The average molecular weight is 244 g/mol. The fourth-order valence-electron chi connectivity index (χ4n) is 2.26. The zero-order valence-corrected chi connectivity index (χ0v) is 10.8. The number of benzene rings is 2. The Kier molecular flexibility index (Phi) is 3.66. The molecule has 0 heterocycles. The first-order chi connectivity index (χ1) is 8.71. The number of fused-ring (bicyclic) bond motifs is 1. The quantitative estimate of drug-likeness (QED) is 0.764. The number of hydrogen-bond donors (Lipinski definition) is 0. The van der Waals surface area contributed by atoms with Crippen LogP contribution >= 0.6 is 0 Å². The van der Waals surface area contributed by atoms with Crippen LogP contribution in [-0.4, -0.2) is 6.61 Å². The lowest BCUT2D eigenvalue weighted by Crippen LogP contribution is -1.96. The van der Waals surface area contributed by atoms with Gasteiger partial charge in [0, 0.05) is 5.56 Å². The molecule has 0 spiro atoms. The van der Waals surface area contributed by atoms with Crippen LogP contribution in [0.25, 0.3) is 16.8 Å². The van der Waals surface area contributed by atoms with E-state index in [1.165, 1.54) is 6.07 Å². The molecule has 0 atom stereocenters. The fraction of sp³-hybridized carbons (Fsp3) is 0.250. The van der Waals surface area contributed by atoms with Gasteiger partial charge in [-0.2, -0.15) is 0 Å². The summed E-state index contributed by atoms with van der Waals surface area (Å²) < 4.78 is 19.3. The first-order valence-electron chi connectivity index (χ1n) is 6.21. The maximum atomic E-state index is 13.8. The summed E-state index contributed by atoms with van der Waals surface area (Å²) in [5.41, 5.74) is 1.66. The summed E-state index contributed by atoms with van der Waals surface area (Å²) in [4.78, 5) is 0. The molecule has 0 aromatic heterocycles. The number of halogens is 1. The van der Waals surface area contributed by atoms with Crippen LogP contribution in [0, 0.1) is 5.82 Å². The standard InChI is InChI=1S/C16H17FO/c1-4-11-9-13(18-6-3)10-12-7-8-15(17)14(5-2)16(11)12/h5,7-10H,2,4,6H2,1,3H3. The molecule has 0 radical (unpaired) electrons. The van der Waals surface area contributed by atoms with Crippen LogP contribution in [0.1, 0.15) is 25.0 Å². The molecule has 0 aliphatic rings. The molecular weight excluding hydrogens is 227 g/mol. The van der Waals surface area contributed by atoms with Gasteiger partial charge in [-0.3, -0.25) is 0 Å². The lowest BCUT2D eigenvalue weighted by Gasteiger charge is -2.12. The van der Waals surface area contributed by atoms with Gasteiger partial charge in [0.05, 0.1) is 6.61 Å². The Morgan fingerprint density at radius 1 is 1.28 bits per heavy atom. The topological polar surface area (TPSA) is 9.23 Å². The predicted molar refractivity (Wildman–Crippen MR) is 74.5 cm³/mol. The van der Waals surface area contributed by atoms with Crippen LogP contribution in [-0.2, 0) is 6.42 Å². The van der Waals surface area contributed by atoms with Crippen molar-refractivity contribution in [1.82, 2.24) is 0 Å². The minimum absolute atomic E-state index is 0.226. The maximum Gasteiger partial charge on any atom is 0.131 e. The Labute approximate surface area is 107 Å². The Balaban J connectivity index is 2.78. The monoisotopic (exact) mass is 244 g/mol. The highest BCUT2D eigenvalue weighted by atomic mass is 19.1. The lowest BCUT2D eigenvalue weighted by atomic mass is 9.97. The number of rotatable bonds is 4. The van der Waals surface area contributed by atoms with Gasteiger partial charge < -0.3 is 4.74 Å². The van der Waals surface area contributed by atoms with Crippen molar-refractivity contribution < 1.29 is 9.13 Å². The second kappa shape index (κ2) is 5.21. The predicted octanol–water partition coefficient (Wildman–Crippen LogP) is 4.58. The highest BCUT2D eigenvalue weighted by Gasteiger charge is 2.10.